The van der Waals surface area contributed by atoms with Gasteiger partial charge >= 0.3 is 18.0 Å². The van der Waals surface area contributed by atoms with Gasteiger partial charge in [-0.25, -0.2) is 9.36 Å². The zero-order valence-corrected chi connectivity index (χ0v) is 17.4. The largest absolute Gasteiger partial charge is 0.433 e. The molecule has 0 bridgehead atoms. The van der Waals surface area contributed by atoms with E-state index in [0.29, 0.717) is 6.20 Å². The van der Waals surface area contributed by atoms with Crippen molar-refractivity contribution in [1.29, 1.82) is 0 Å². The number of nitrogens with zero attached hydrogens (tertiary/aromatic N) is 3. The summed E-state index contributed by atoms with van der Waals surface area (Å²) in [5.41, 5.74) is -7.54. The van der Waals surface area contributed by atoms with Crippen LogP contribution in [0.5, 0.6) is 0 Å². The summed E-state index contributed by atoms with van der Waals surface area (Å²) in [6, 6.07) is 1.95. The van der Waals surface area contributed by atoms with Gasteiger partial charge in [-0.05, 0) is 12.1 Å². The van der Waals surface area contributed by atoms with Crippen LogP contribution in [0.2, 0.25) is 10.0 Å². The highest BCUT2D eigenvalue weighted by Gasteiger charge is 2.38. The molecular formula is C17H9Cl2F6N5O3. The van der Waals surface area contributed by atoms with Crippen molar-refractivity contribution in [1.82, 2.24) is 19.3 Å². The lowest BCUT2D eigenvalue weighted by Gasteiger charge is -2.16. The number of amides is 1. The Kier molecular flexibility index (Phi) is 6.10. The monoisotopic (exact) mass is 515 g/mol. The zero-order valence-electron chi connectivity index (χ0n) is 15.9. The average Bonchev–Trinajstić information content (AvgIpc) is 3.17. The number of alkyl halides is 6. The van der Waals surface area contributed by atoms with Gasteiger partial charge in [0.25, 0.3) is 11.5 Å². The molecule has 2 aromatic heterocycles. The first-order valence-corrected chi connectivity index (χ1v) is 9.20. The van der Waals surface area contributed by atoms with E-state index in [0.717, 1.165) is 19.2 Å². The lowest BCUT2D eigenvalue weighted by molar-refractivity contribution is -0.144. The molecule has 0 fully saturated rings. The van der Waals surface area contributed by atoms with Crippen molar-refractivity contribution in [3.8, 4) is 5.69 Å². The van der Waals surface area contributed by atoms with Crippen molar-refractivity contribution >= 4 is 34.8 Å². The van der Waals surface area contributed by atoms with Gasteiger partial charge in [0.15, 0.2) is 5.69 Å². The van der Waals surface area contributed by atoms with Crippen molar-refractivity contribution in [2.45, 2.75) is 12.4 Å². The first-order valence-electron chi connectivity index (χ1n) is 8.44. The van der Waals surface area contributed by atoms with Crippen molar-refractivity contribution in [3.05, 3.63) is 72.2 Å². The summed E-state index contributed by atoms with van der Waals surface area (Å²) in [5, 5.41) is 6.21. The van der Waals surface area contributed by atoms with Crippen LogP contribution in [-0.2, 0) is 19.4 Å². The van der Waals surface area contributed by atoms with E-state index in [4.69, 9.17) is 23.2 Å². The molecule has 0 unspecified atom stereocenters. The summed E-state index contributed by atoms with van der Waals surface area (Å²) < 4.78 is 78.6. The molecular weight excluding hydrogens is 507 g/mol. The summed E-state index contributed by atoms with van der Waals surface area (Å²) in [5.74, 6) is -1.31. The minimum atomic E-state index is -5.00. The van der Waals surface area contributed by atoms with E-state index in [2.05, 4.69) is 10.4 Å². The molecule has 2 N–H and O–H groups in total. The Bertz CT molecular complexity index is 1370. The molecule has 8 nitrogen and oxygen atoms in total. The lowest BCUT2D eigenvalue weighted by Crippen LogP contribution is -2.40. The van der Waals surface area contributed by atoms with E-state index in [1.165, 1.54) is 0 Å². The highest BCUT2D eigenvalue weighted by atomic mass is 35.5. The molecule has 3 aromatic rings. The third-order valence-electron chi connectivity index (χ3n) is 4.30. The number of halogens is 8. The molecule has 0 saturated heterocycles. The van der Waals surface area contributed by atoms with Crippen LogP contribution in [0.25, 0.3) is 5.69 Å². The van der Waals surface area contributed by atoms with Crippen molar-refractivity contribution in [3.63, 3.8) is 0 Å². The number of H-pyrrole nitrogens is 1. The van der Waals surface area contributed by atoms with Crippen LogP contribution in [0.1, 0.15) is 21.7 Å². The average molecular weight is 516 g/mol. The Morgan fingerprint density at radius 1 is 1.03 bits per heavy atom. The van der Waals surface area contributed by atoms with Crippen LogP contribution in [0, 0.1) is 0 Å². The smallest absolute Gasteiger partial charge is 0.320 e. The molecule has 0 aliphatic carbocycles. The van der Waals surface area contributed by atoms with Gasteiger partial charge in [0.05, 0.1) is 33.2 Å². The van der Waals surface area contributed by atoms with E-state index in [1.807, 2.05) is 0 Å². The number of hydrogen-bond acceptors (Lipinski definition) is 4. The molecule has 176 valence electrons. The Hall–Kier alpha value is -3.26. The maximum atomic E-state index is 13.0. The number of aromatic amines is 1. The molecule has 0 saturated carbocycles. The lowest BCUT2D eigenvalue weighted by atomic mass is 10.2. The summed E-state index contributed by atoms with van der Waals surface area (Å²) in [7, 11) is 0.769. The van der Waals surface area contributed by atoms with Gasteiger partial charge in [0, 0.05) is 13.1 Å². The highest BCUT2D eigenvalue weighted by Crippen LogP contribution is 2.33. The maximum absolute atomic E-state index is 13.0. The van der Waals surface area contributed by atoms with Gasteiger partial charge in [-0.1, -0.05) is 23.2 Å². The molecule has 0 aliphatic heterocycles. The number of rotatable bonds is 3. The minimum absolute atomic E-state index is 0.158. The zero-order chi connectivity index (χ0) is 24.9. The van der Waals surface area contributed by atoms with Crippen LogP contribution < -0.4 is 16.6 Å². The van der Waals surface area contributed by atoms with Gasteiger partial charge in [0.1, 0.15) is 5.69 Å². The van der Waals surface area contributed by atoms with Crippen molar-refractivity contribution < 1.29 is 31.1 Å². The predicted molar refractivity (Wildman–Crippen MR) is 104 cm³/mol. The third-order valence-corrected chi connectivity index (χ3v) is 4.92. The SMILES string of the molecule is Cn1c(C(F)(F)F)cc(=O)n(-c2cc(NC(=O)c3cn[nH]c3C(F)(F)F)c(Cl)cc2Cl)c1=O. The Balaban J connectivity index is 2.12. The summed E-state index contributed by atoms with van der Waals surface area (Å²) in [6.45, 7) is 0. The molecule has 0 aliphatic rings. The van der Waals surface area contributed by atoms with E-state index >= 15 is 0 Å². The van der Waals surface area contributed by atoms with E-state index in [1.54, 1.807) is 5.10 Å². The Labute approximate surface area is 188 Å². The van der Waals surface area contributed by atoms with Crippen LogP contribution >= 0.6 is 23.2 Å². The predicted octanol–water partition coefficient (Wildman–Crippen LogP) is 3.86. The number of benzene rings is 1. The second-order valence-electron chi connectivity index (χ2n) is 6.44. The van der Waals surface area contributed by atoms with Gasteiger partial charge in [-0.3, -0.25) is 19.3 Å². The number of aromatic nitrogens is 4. The standard InChI is InChI=1S/C17H9Cl2F6N5O3/c1-29-11(16(20,21)22)4-12(31)30(15(29)33)10-3-9(7(18)2-8(10)19)27-14(32)6-5-26-28-13(6)17(23,24)25/h2-5H,1H3,(H,26,28)(H,27,32). The van der Waals surface area contributed by atoms with Crippen LogP contribution in [0.3, 0.4) is 0 Å². The summed E-state index contributed by atoms with van der Waals surface area (Å²) >= 11 is 11.9. The molecule has 0 radical (unpaired) electrons. The first-order chi connectivity index (χ1) is 15.1. The topological polar surface area (TPSA) is 102 Å². The number of nitrogens with one attached hydrogen (secondary N) is 2. The molecule has 1 aromatic carbocycles. The third kappa shape index (κ3) is 4.61. The van der Waals surface area contributed by atoms with Crippen LogP contribution in [0.4, 0.5) is 32.0 Å². The fraction of sp³-hybridized carbons (Fsp3) is 0.176. The number of anilines is 1. The quantitative estimate of drug-likeness (QED) is 0.517. The molecule has 0 atom stereocenters. The van der Waals surface area contributed by atoms with E-state index < -0.39 is 52.1 Å². The minimum Gasteiger partial charge on any atom is -0.320 e. The second kappa shape index (κ2) is 8.26. The molecule has 33 heavy (non-hydrogen) atoms. The van der Waals surface area contributed by atoms with Crippen molar-refractivity contribution in [2.75, 3.05) is 5.32 Å². The first kappa shape index (κ1) is 24.4. The summed E-state index contributed by atoms with van der Waals surface area (Å²) in [4.78, 5) is 37.1. The molecule has 16 heteroatoms. The molecule has 0 spiro atoms. The Morgan fingerprint density at radius 2 is 1.67 bits per heavy atom. The number of carbonyl (C=O) groups excluding carboxylic acids is 1. The fourth-order valence-electron chi connectivity index (χ4n) is 2.79. The van der Waals surface area contributed by atoms with Gasteiger partial charge in [-0.15, -0.1) is 0 Å². The van der Waals surface area contributed by atoms with Gasteiger partial charge in [0.2, 0.25) is 0 Å². The fourth-order valence-corrected chi connectivity index (χ4v) is 3.30. The van der Waals surface area contributed by atoms with Gasteiger partial charge in [-0.2, -0.15) is 31.4 Å². The summed E-state index contributed by atoms with van der Waals surface area (Å²) in [6.07, 6.45) is -9.33. The van der Waals surface area contributed by atoms with Crippen LogP contribution in [0.15, 0.2) is 34.0 Å². The molecule has 2 heterocycles. The number of hydrogen-bond donors (Lipinski definition) is 2. The molecule has 1 amide bonds. The maximum Gasteiger partial charge on any atom is 0.433 e. The highest BCUT2D eigenvalue weighted by molar-refractivity contribution is 6.37. The van der Waals surface area contributed by atoms with Crippen molar-refractivity contribution in [2.24, 2.45) is 7.05 Å². The second-order valence-corrected chi connectivity index (χ2v) is 7.25. The van der Waals surface area contributed by atoms with E-state index in [9.17, 15) is 40.7 Å². The van der Waals surface area contributed by atoms with E-state index in [-0.39, 0.29) is 30.9 Å². The van der Waals surface area contributed by atoms with Crippen LogP contribution in [-0.4, -0.2) is 25.2 Å². The molecule has 3 rings (SSSR count). The number of carbonyl (C=O) groups is 1. The normalized spacial score (nSPS) is 12.2. The Morgan fingerprint density at radius 3 is 2.24 bits per heavy atom. The van der Waals surface area contributed by atoms with Gasteiger partial charge < -0.3 is 5.32 Å².